The summed E-state index contributed by atoms with van der Waals surface area (Å²) in [6.07, 6.45) is -4.34. The van der Waals surface area contributed by atoms with Gasteiger partial charge >= 0.3 is 6.18 Å². The highest BCUT2D eigenvalue weighted by molar-refractivity contribution is 5.97. The van der Waals surface area contributed by atoms with Crippen LogP contribution < -0.4 is 15.4 Å². The quantitative estimate of drug-likeness (QED) is 0.894. The second-order valence-corrected chi connectivity index (χ2v) is 4.35. The topological polar surface area (TPSA) is 55.6 Å². The van der Waals surface area contributed by atoms with Crippen LogP contribution in [-0.2, 0) is 11.0 Å². The number of carbonyl (C=O) groups is 1. The van der Waals surface area contributed by atoms with Gasteiger partial charge in [0.25, 0.3) is 0 Å². The number of hydrogen-bond acceptors (Lipinski definition) is 3. The molecule has 1 fully saturated rings. The van der Waals surface area contributed by atoms with Crippen LogP contribution in [0, 0.1) is 0 Å². The number of rotatable bonds is 2. The van der Waals surface area contributed by atoms with Gasteiger partial charge in [0.05, 0.1) is 18.4 Å². The fourth-order valence-corrected chi connectivity index (χ4v) is 2.05. The minimum Gasteiger partial charge on any atom is -0.495 e. The van der Waals surface area contributed by atoms with Crippen molar-refractivity contribution < 1.29 is 22.7 Å². The molecule has 2 N–H and O–H groups in total. The average molecular weight is 274 g/mol. The van der Waals surface area contributed by atoms with Crippen molar-refractivity contribution >= 4 is 11.6 Å². The lowest BCUT2D eigenvalue weighted by molar-refractivity contribution is -0.137. The van der Waals surface area contributed by atoms with Crippen molar-refractivity contribution in [2.75, 3.05) is 18.6 Å². The van der Waals surface area contributed by atoms with Gasteiger partial charge in [-0.15, -0.1) is 0 Å². The zero-order valence-corrected chi connectivity index (χ0v) is 10.2. The molecular weight excluding hydrogens is 261 g/mol. The van der Waals surface area contributed by atoms with Crippen molar-refractivity contribution in [2.24, 2.45) is 5.73 Å². The SMILES string of the molecule is COc1ccc(C(F)(F)F)cc1N1CC(N)CC1=O. The molecule has 19 heavy (non-hydrogen) atoms. The molecule has 1 aliphatic rings. The summed E-state index contributed by atoms with van der Waals surface area (Å²) in [6, 6.07) is 2.67. The predicted molar refractivity (Wildman–Crippen MR) is 62.9 cm³/mol. The maximum absolute atomic E-state index is 12.7. The second-order valence-electron chi connectivity index (χ2n) is 4.35. The molecule has 7 heteroatoms. The van der Waals surface area contributed by atoms with Crippen LogP contribution >= 0.6 is 0 Å². The van der Waals surface area contributed by atoms with Crippen LogP contribution in [0.5, 0.6) is 5.75 Å². The third kappa shape index (κ3) is 2.65. The van der Waals surface area contributed by atoms with Gasteiger partial charge in [-0.25, -0.2) is 0 Å². The molecule has 4 nitrogen and oxygen atoms in total. The Balaban J connectivity index is 2.45. The molecule has 1 amide bonds. The molecule has 0 bridgehead atoms. The minimum absolute atomic E-state index is 0.107. The highest BCUT2D eigenvalue weighted by Gasteiger charge is 2.34. The van der Waals surface area contributed by atoms with E-state index in [1.54, 1.807) is 0 Å². The number of hydrogen-bond donors (Lipinski definition) is 1. The monoisotopic (exact) mass is 274 g/mol. The van der Waals surface area contributed by atoms with Crippen LogP contribution in [-0.4, -0.2) is 25.6 Å². The molecule has 1 unspecified atom stereocenters. The Morgan fingerprint density at radius 3 is 2.58 bits per heavy atom. The van der Waals surface area contributed by atoms with Crippen LogP contribution in [0.4, 0.5) is 18.9 Å². The zero-order valence-electron chi connectivity index (χ0n) is 10.2. The van der Waals surface area contributed by atoms with E-state index in [1.165, 1.54) is 18.1 Å². The Labute approximate surface area is 107 Å². The number of ether oxygens (including phenoxy) is 1. The summed E-state index contributed by atoms with van der Waals surface area (Å²) in [5.74, 6) is -0.0828. The fourth-order valence-electron chi connectivity index (χ4n) is 2.05. The summed E-state index contributed by atoms with van der Waals surface area (Å²) in [6.45, 7) is 0.191. The Bertz CT molecular complexity index is 502. The van der Waals surface area contributed by atoms with Gasteiger partial charge in [0.2, 0.25) is 5.91 Å². The van der Waals surface area contributed by atoms with Crippen molar-refractivity contribution in [2.45, 2.75) is 18.6 Å². The van der Waals surface area contributed by atoms with E-state index >= 15 is 0 Å². The van der Waals surface area contributed by atoms with Crippen molar-refractivity contribution in [3.63, 3.8) is 0 Å². The van der Waals surface area contributed by atoms with Gasteiger partial charge in [0.15, 0.2) is 0 Å². The van der Waals surface area contributed by atoms with Gasteiger partial charge in [-0.05, 0) is 18.2 Å². The number of methoxy groups -OCH3 is 1. The first-order valence-electron chi connectivity index (χ1n) is 5.64. The maximum atomic E-state index is 12.7. The summed E-state index contributed by atoms with van der Waals surface area (Å²) < 4.78 is 43.1. The van der Waals surface area contributed by atoms with E-state index in [2.05, 4.69) is 0 Å². The molecule has 1 aliphatic heterocycles. The summed E-state index contributed by atoms with van der Waals surface area (Å²) in [5, 5.41) is 0. The van der Waals surface area contributed by atoms with Crippen molar-refractivity contribution in [1.82, 2.24) is 0 Å². The Morgan fingerprint density at radius 2 is 2.11 bits per heavy atom. The molecular formula is C12H13F3N2O2. The third-order valence-corrected chi connectivity index (χ3v) is 2.95. The van der Waals surface area contributed by atoms with Crippen LogP contribution in [0.25, 0.3) is 0 Å². The molecule has 0 spiro atoms. The van der Waals surface area contributed by atoms with E-state index in [0.717, 1.165) is 12.1 Å². The Morgan fingerprint density at radius 1 is 1.42 bits per heavy atom. The molecule has 0 aliphatic carbocycles. The standard InChI is InChI=1S/C12H13F3N2O2/c1-19-10-3-2-7(12(13,14)15)4-9(10)17-6-8(16)5-11(17)18/h2-4,8H,5-6,16H2,1H3. The minimum atomic E-state index is -4.47. The lowest BCUT2D eigenvalue weighted by Gasteiger charge is -2.20. The number of amides is 1. The average Bonchev–Trinajstić information content (AvgIpc) is 2.66. The lowest BCUT2D eigenvalue weighted by Crippen LogP contribution is -2.28. The summed E-state index contributed by atoms with van der Waals surface area (Å²) >= 11 is 0. The van der Waals surface area contributed by atoms with Crippen LogP contribution in [0.3, 0.4) is 0 Å². The number of halogens is 3. The number of anilines is 1. The first kappa shape index (κ1) is 13.7. The molecule has 1 aromatic rings. The first-order valence-corrected chi connectivity index (χ1v) is 5.64. The molecule has 1 aromatic carbocycles. The molecule has 0 saturated carbocycles. The highest BCUT2D eigenvalue weighted by Crippen LogP contribution is 2.37. The number of nitrogens with two attached hydrogens (primary N) is 1. The van der Waals surface area contributed by atoms with Gasteiger partial charge in [-0.3, -0.25) is 4.79 Å². The van der Waals surface area contributed by atoms with E-state index in [4.69, 9.17) is 10.5 Å². The van der Waals surface area contributed by atoms with E-state index in [-0.39, 0.29) is 36.4 Å². The third-order valence-electron chi connectivity index (χ3n) is 2.95. The first-order chi connectivity index (χ1) is 8.82. The molecule has 1 atom stereocenters. The van der Waals surface area contributed by atoms with E-state index < -0.39 is 11.7 Å². The molecule has 0 aromatic heterocycles. The van der Waals surface area contributed by atoms with E-state index in [0.29, 0.717) is 0 Å². The number of carbonyl (C=O) groups excluding carboxylic acids is 1. The van der Waals surface area contributed by atoms with Crippen molar-refractivity contribution in [1.29, 1.82) is 0 Å². The molecule has 2 rings (SSSR count). The number of nitrogens with zero attached hydrogens (tertiary/aromatic N) is 1. The lowest BCUT2D eigenvalue weighted by atomic mass is 10.1. The predicted octanol–water partition coefficient (Wildman–Crippen LogP) is 1.78. The van der Waals surface area contributed by atoms with Crippen LogP contribution in [0.2, 0.25) is 0 Å². The van der Waals surface area contributed by atoms with Crippen molar-refractivity contribution in [3.05, 3.63) is 23.8 Å². The largest absolute Gasteiger partial charge is 0.495 e. The fraction of sp³-hybridized carbons (Fsp3) is 0.417. The van der Waals surface area contributed by atoms with Crippen LogP contribution in [0.15, 0.2) is 18.2 Å². The van der Waals surface area contributed by atoms with Gasteiger partial charge in [0.1, 0.15) is 5.75 Å². The van der Waals surface area contributed by atoms with Crippen LogP contribution in [0.1, 0.15) is 12.0 Å². The number of alkyl halides is 3. The maximum Gasteiger partial charge on any atom is 0.416 e. The van der Waals surface area contributed by atoms with E-state index in [1.807, 2.05) is 0 Å². The summed E-state index contributed by atoms with van der Waals surface area (Å²) in [7, 11) is 1.34. The number of benzene rings is 1. The summed E-state index contributed by atoms with van der Waals surface area (Å²) in [5.41, 5.74) is 4.93. The second kappa shape index (κ2) is 4.73. The van der Waals surface area contributed by atoms with Gasteiger partial charge in [0, 0.05) is 19.0 Å². The van der Waals surface area contributed by atoms with Gasteiger partial charge < -0.3 is 15.4 Å². The molecule has 1 saturated heterocycles. The van der Waals surface area contributed by atoms with E-state index in [9.17, 15) is 18.0 Å². The molecule has 104 valence electrons. The summed E-state index contributed by atoms with van der Waals surface area (Å²) in [4.78, 5) is 13.0. The molecule has 1 heterocycles. The normalized spacial score (nSPS) is 19.9. The smallest absolute Gasteiger partial charge is 0.416 e. The van der Waals surface area contributed by atoms with Gasteiger partial charge in [-0.2, -0.15) is 13.2 Å². The zero-order chi connectivity index (χ0) is 14.2. The Hall–Kier alpha value is -1.76. The Kier molecular flexibility index (Phi) is 3.40. The van der Waals surface area contributed by atoms with Gasteiger partial charge in [-0.1, -0.05) is 0 Å². The van der Waals surface area contributed by atoms with Crippen molar-refractivity contribution in [3.8, 4) is 5.75 Å². The molecule has 0 radical (unpaired) electrons. The highest BCUT2D eigenvalue weighted by atomic mass is 19.4.